The van der Waals surface area contributed by atoms with Crippen molar-refractivity contribution < 1.29 is 5.73 Å². The molecule has 0 aliphatic heterocycles. The van der Waals surface area contributed by atoms with Crippen LogP contribution in [0, 0.1) is 0 Å². The number of unbranched alkanes of at least 4 members (excludes halogenated alkanes) is 2. The number of hydrogen-bond acceptors (Lipinski definition) is 1. The van der Waals surface area contributed by atoms with E-state index in [1.807, 2.05) is 0 Å². The highest BCUT2D eigenvalue weighted by Gasteiger charge is 2.02. The van der Waals surface area contributed by atoms with Gasteiger partial charge >= 0.3 is 0 Å². The molecule has 1 unspecified atom stereocenters. The standard InChI is InChI=1S/C9H21N.CNS/c1-3-5-6-8-9(10)7-4-2;2-1-3/h9H,3-8,10H2,1-2H3;/q;-1/p+1. The predicted octanol–water partition coefficient (Wildman–Crippen LogP) is 2.64. The van der Waals surface area contributed by atoms with Gasteiger partial charge in [0.2, 0.25) is 0 Å². The van der Waals surface area contributed by atoms with Gasteiger partial charge in [-0.2, -0.15) is 5.16 Å². The minimum atomic E-state index is 0.719. The lowest BCUT2D eigenvalue weighted by Crippen LogP contribution is -2.60. The Labute approximate surface area is 87.4 Å². The number of hydrogen-bond donors (Lipinski definition) is 1. The Hall–Kier alpha value is -0.240. The van der Waals surface area contributed by atoms with Crippen molar-refractivity contribution in [1.82, 2.24) is 0 Å². The lowest BCUT2D eigenvalue weighted by Gasteiger charge is -2.04. The maximum absolute atomic E-state index is 7.13. The molecule has 2 nitrogen and oxygen atoms in total. The first-order chi connectivity index (χ1) is 6.22. The van der Waals surface area contributed by atoms with Crippen LogP contribution in [0.1, 0.15) is 52.4 Å². The Morgan fingerprint density at radius 2 is 1.77 bits per heavy atom. The summed E-state index contributed by atoms with van der Waals surface area (Å²) in [4.78, 5) is 0. The van der Waals surface area contributed by atoms with Crippen molar-refractivity contribution in [2.75, 3.05) is 0 Å². The molecule has 0 fully saturated rings. The van der Waals surface area contributed by atoms with Gasteiger partial charge in [-0.15, -0.1) is 0 Å². The summed E-state index contributed by atoms with van der Waals surface area (Å²) < 4.78 is 0. The van der Waals surface area contributed by atoms with Crippen LogP contribution in [0.25, 0.3) is 5.41 Å². The van der Waals surface area contributed by atoms with Gasteiger partial charge in [0.1, 0.15) is 0 Å². The third kappa shape index (κ3) is 18.6. The summed E-state index contributed by atoms with van der Waals surface area (Å²) in [7, 11) is 0. The van der Waals surface area contributed by atoms with Crippen LogP contribution >= 0.6 is 12.2 Å². The Morgan fingerprint density at radius 1 is 1.23 bits per heavy atom. The molecular weight excluding hydrogens is 180 g/mol. The Kier molecular flexibility index (Phi) is 16.8. The average Bonchev–Trinajstić information content (AvgIpc) is 2.07. The SMILES string of the molecule is CCCCCC([NH3+])CCC.[N-]=C=S. The minimum absolute atomic E-state index is 0.719. The summed E-state index contributed by atoms with van der Waals surface area (Å²) in [6, 6.07) is 0.719. The van der Waals surface area contributed by atoms with E-state index in [-0.39, 0.29) is 0 Å². The lowest BCUT2D eigenvalue weighted by molar-refractivity contribution is -0.422. The van der Waals surface area contributed by atoms with Crippen LogP contribution in [0.4, 0.5) is 0 Å². The van der Waals surface area contributed by atoms with Crippen molar-refractivity contribution in [1.29, 1.82) is 0 Å². The first-order valence-corrected chi connectivity index (χ1v) is 5.47. The summed E-state index contributed by atoms with van der Waals surface area (Å²) >= 11 is 3.70. The smallest absolute Gasteiger partial charge is 0.0843 e. The normalized spacial score (nSPS) is 11.0. The molecular formula is C10H22N2S. The van der Waals surface area contributed by atoms with Crippen LogP contribution in [0.3, 0.4) is 0 Å². The van der Waals surface area contributed by atoms with Crippen molar-refractivity contribution in [3.8, 4) is 0 Å². The lowest BCUT2D eigenvalue weighted by atomic mass is 10.1. The molecule has 0 heterocycles. The van der Waals surface area contributed by atoms with Crippen LogP contribution in [-0.4, -0.2) is 11.2 Å². The highest BCUT2D eigenvalue weighted by atomic mass is 32.1. The van der Waals surface area contributed by atoms with Crippen molar-refractivity contribution in [3.63, 3.8) is 0 Å². The second kappa shape index (κ2) is 14.3. The van der Waals surface area contributed by atoms with Gasteiger partial charge in [0.15, 0.2) is 0 Å². The first kappa shape index (κ1) is 15.2. The number of quaternary nitrogens is 1. The average molecular weight is 202 g/mol. The van der Waals surface area contributed by atoms with Crippen LogP contribution in [-0.2, 0) is 0 Å². The molecule has 13 heavy (non-hydrogen) atoms. The third-order valence-corrected chi connectivity index (χ3v) is 1.91. The van der Waals surface area contributed by atoms with E-state index >= 15 is 0 Å². The molecule has 3 N–H and O–H groups in total. The molecule has 0 aromatic rings. The van der Waals surface area contributed by atoms with E-state index in [1.165, 1.54) is 43.7 Å². The van der Waals surface area contributed by atoms with Crippen molar-refractivity contribution in [3.05, 3.63) is 5.41 Å². The molecule has 0 saturated heterocycles. The highest BCUT2D eigenvalue weighted by molar-refractivity contribution is 7.78. The fraction of sp³-hybridized carbons (Fsp3) is 0.900. The van der Waals surface area contributed by atoms with Crippen LogP contribution in [0.15, 0.2) is 0 Å². The van der Waals surface area contributed by atoms with E-state index in [0.29, 0.717) is 0 Å². The zero-order valence-corrected chi connectivity index (χ0v) is 9.70. The molecule has 0 bridgehead atoms. The van der Waals surface area contributed by atoms with Crippen LogP contribution < -0.4 is 5.73 Å². The topological polar surface area (TPSA) is 49.9 Å². The Morgan fingerprint density at radius 3 is 2.15 bits per heavy atom. The van der Waals surface area contributed by atoms with E-state index in [4.69, 9.17) is 5.41 Å². The monoisotopic (exact) mass is 202 g/mol. The minimum Gasteiger partial charge on any atom is -0.753 e. The molecule has 0 radical (unpaired) electrons. The fourth-order valence-corrected chi connectivity index (χ4v) is 1.24. The molecule has 1 atom stereocenters. The zero-order chi connectivity index (χ0) is 10.5. The number of nitrogens with zero attached hydrogens (tertiary/aromatic N) is 1. The van der Waals surface area contributed by atoms with Gasteiger partial charge < -0.3 is 11.1 Å². The largest absolute Gasteiger partial charge is 0.753 e. The third-order valence-electron chi connectivity index (χ3n) is 1.91. The van der Waals surface area contributed by atoms with Gasteiger partial charge in [-0.25, -0.2) is 0 Å². The van der Waals surface area contributed by atoms with Gasteiger partial charge in [-0.05, 0) is 19.3 Å². The molecule has 0 amide bonds. The molecule has 0 aromatic heterocycles. The van der Waals surface area contributed by atoms with E-state index in [9.17, 15) is 0 Å². The van der Waals surface area contributed by atoms with E-state index < -0.39 is 0 Å². The number of thiocarbonyl (C=S) groups is 1. The fourth-order valence-electron chi connectivity index (χ4n) is 1.24. The molecule has 3 heteroatoms. The molecule has 0 aromatic carbocycles. The van der Waals surface area contributed by atoms with Gasteiger partial charge in [-0.3, -0.25) is 0 Å². The molecule has 0 spiro atoms. The summed E-state index contributed by atoms with van der Waals surface area (Å²) in [5.74, 6) is 0. The van der Waals surface area contributed by atoms with Gasteiger partial charge in [0.25, 0.3) is 0 Å². The zero-order valence-electron chi connectivity index (χ0n) is 8.88. The molecule has 0 saturated carbocycles. The van der Waals surface area contributed by atoms with E-state index in [1.54, 1.807) is 0 Å². The maximum Gasteiger partial charge on any atom is 0.0843 e. The Bertz CT molecular complexity index is 120. The molecule has 78 valence electrons. The quantitative estimate of drug-likeness (QED) is 0.402. The summed E-state index contributed by atoms with van der Waals surface area (Å²) in [5.41, 5.74) is 4.10. The number of rotatable bonds is 6. The predicted molar refractivity (Wildman–Crippen MR) is 61.7 cm³/mol. The maximum atomic E-state index is 7.13. The van der Waals surface area contributed by atoms with E-state index in [2.05, 4.69) is 31.8 Å². The van der Waals surface area contributed by atoms with Gasteiger partial charge in [0, 0.05) is 0 Å². The molecule has 0 rings (SSSR count). The Balaban J connectivity index is 0. The second-order valence-electron chi connectivity index (χ2n) is 3.24. The highest BCUT2D eigenvalue weighted by Crippen LogP contribution is 2.04. The van der Waals surface area contributed by atoms with Crippen LogP contribution in [0.2, 0.25) is 0 Å². The first-order valence-electron chi connectivity index (χ1n) is 5.07. The van der Waals surface area contributed by atoms with Crippen molar-refractivity contribution in [2.45, 2.75) is 58.4 Å². The summed E-state index contributed by atoms with van der Waals surface area (Å²) in [6.45, 7) is 4.48. The molecule has 0 aliphatic rings. The molecule has 0 aliphatic carbocycles. The van der Waals surface area contributed by atoms with Crippen molar-refractivity contribution in [2.24, 2.45) is 0 Å². The van der Waals surface area contributed by atoms with E-state index in [0.717, 1.165) is 6.04 Å². The summed E-state index contributed by atoms with van der Waals surface area (Å²) in [5, 5.41) is 8.47. The van der Waals surface area contributed by atoms with Crippen molar-refractivity contribution >= 4 is 17.4 Å². The number of isothiocyanates is 1. The second-order valence-corrected chi connectivity index (χ2v) is 3.42. The van der Waals surface area contributed by atoms with Crippen LogP contribution in [0.5, 0.6) is 0 Å². The van der Waals surface area contributed by atoms with Gasteiger partial charge in [0.05, 0.1) is 6.04 Å². The van der Waals surface area contributed by atoms with Gasteiger partial charge in [-0.1, -0.05) is 45.3 Å². The summed E-state index contributed by atoms with van der Waals surface area (Å²) in [6.07, 6.45) is 8.03.